The van der Waals surface area contributed by atoms with Crippen molar-refractivity contribution in [2.75, 3.05) is 36.5 Å². The number of amides is 1. The fourth-order valence-electron chi connectivity index (χ4n) is 4.14. The third-order valence-corrected chi connectivity index (χ3v) is 6.80. The third kappa shape index (κ3) is 4.08. The fourth-order valence-corrected chi connectivity index (χ4v) is 5.21. The van der Waals surface area contributed by atoms with Crippen LogP contribution in [0.1, 0.15) is 26.2 Å². The van der Waals surface area contributed by atoms with Crippen LogP contribution in [0, 0.1) is 0 Å². The van der Waals surface area contributed by atoms with Gasteiger partial charge in [0.1, 0.15) is 24.5 Å². The maximum atomic E-state index is 13.2. The molecule has 0 saturated carbocycles. The Morgan fingerprint density at radius 2 is 1.88 bits per heavy atom. The van der Waals surface area contributed by atoms with E-state index in [0.717, 1.165) is 25.9 Å². The van der Waals surface area contributed by atoms with Gasteiger partial charge in [0.15, 0.2) is 22.3 Å². The molecule has 0 atom stereocenters. The molecule has 0 aliphatic carbocycles. The molecule has 0 unspecified atom stereocenters. The van der Waals surface area contributed by atoms with E-state index >= 15 is 0 Å². The third-order valence-electron chi connectivity index (χ3n) is 5.71. The summed E-state index contributed by atoms with van der Waals surface area (Å²) in [6.07, 6.45) is 2.77. The molecule has 4 heterocycles. The molecule has 10 nitrogen and oxygen atoms in total. The summed E-state index contributed by atoms with van der Waals surface area (Å²) in [5.41, 5.74) is -0.0683. The Kier molecular flexibility index (Phi) is 5.79. The maximum Gasteiger partial charge on any atom is 0.333 e. The topological polar surface area (TPSA) is 108 Å². The summed E-state index contributed by atoms with van der Waals surface area (Å²) >= 11 is 1.29. The highest BCUT2D eigenvalue weighted by Crippen LogP contribution is 2.32. The average Bonchev–Trinajstić information content (AvgIpc) is 3.50. The second kappa shape index (κ2) is 8.89. The van der Waals surface area contributed by atoms with E-state index in [1.54, 1.807) is 18.2 Å². The molecule has 1 saturated heterocycles. The fraction of sp³-hybridized carbons (Fsp3) is 0.455. The number of rotatable bonds is 6. The van der Waals surface area contributed by atoms with Crippen molar-refractivity contribution < 1.29 is 14.3 Å². The zero-order valence-corrected chi connectivity index (χ0v) is 19.2. The van der Waals surface area contributed by atoms with Crippen molar-refractivity contribution >= 4 is 38.4 Å². The number of nitrogens with zero attached hydrogens (tertiary/aromatic N) is 4. The van der Waals surface area contributed by atoms with Gasteiger partial charge in [-0.15, -0.1) is 0 Å². The van der Waals surface area contributed by atoms with Crippen molar-refractivity contribution in [2.24, 2.45) is 0 Å². The van der Waals surface area contributed by atoms with Crippen LogP contribution in [0.25, 0.3) is 10.3 Å². The van der Waals surface area contributed by atoms with Crippen LogP contribution in [0.3, 0.4) is 0 Å². The maximum absolute atomic E-state index is 13.2. The van der Waals surface area contributed by atoms with E-state index in [1.807, 2.05) is 6.92 Å². The summed E-state index contributed by atoms with van der Waals surface area (Å²) in [4.78, 5) is 45.8. The molecule has 1 fully saturated rings. The second-order valence-corrected chi connectivity index (χ2v) is 9.05. The molecule has 1 amide bonds. The van der Waals surface area contributed by atoms with Crippen LogP contribution in [-0.4, -0.2) is 46.3 Å². The first-order chi connectivity index (χ1) is 16.0. The Bertz CT molecular complexity index is 1320. The van der Waals surface area contributed by atoms with Gasteiger partial charge in [-0.1, -0.05) is 18.3 Å². The van der Waals surface area contributed by atoms with E-state index in [-0.39, 0.29) is 24.3 Å². The first-order valence-corrected chi connectivity index (χ1v) is 12.0. The minimum atomic E-state index is -0.523. The molecule has 0 radical (unpaired) electrons. The van der Waals surface area contributed by atoms with Crippen molar-refractivity contribution in [2.45, 2.75) is 39.3 Å². The lowest BCUT2D eigenvalue weighted by atomic mass is 10.2. The Hall–Kier alpha value is -3.34. The molecule has 0 bridgehead atoms. The van der Waals surface area contributed by atoms with Gasteiger partial charge in [-0.05, 0) is 31.4 Å². The number of carbonyl (C=O) groups excluding carboxylic acids is 1. The van der Waals surface area contributed by atoms with Gasteiger partial charge in [-0.3, -0.25) is 18.7 Å². The zero-order chi connectivity index (χ0) is 22.9. The van der Waals surface area contributed by atoms with E-state index < -0.39 is 11.6 Å². The minimum absolute atomic E-state index is 0.253. The monoisotopic (exact) mass is 471 g/mol. The largest absolute Gasteiger partial charge is 0.486 e. The number of nitrogens with one attached hydrogen (secondary N) is 1. The molecule has 2 aliphatic rings. The Labute approximate surface area is 193 Å². The molecule has 2 aliphatic heterocycles. The van der Waals surface area contributed by atoms with Crippen molar-refractivity contribution in [3.8, 4) is 11.5 Å². The Balaban J connectivity index is 1.48. The number of hydrogen-bond acceptors (Lipinski definition) is 8. The zero-order valence-electron chi connectivity index (χ0n) is 18.3. The first kappa shape index (κ1) is 21.5. The van der Waals surface area contributed by atoms with Gasteiger partial charge in [0.05, 0.1) is 0 Å². The van der Waals surface area contributed by atoms with Gasteiger partial charge in [-0.2, -0.15) is 0 Å². The van der Waals surface area contributed by atoms with Crippen molar-refractivity contribution in [3.63, 3.8) is 0 Å². The summed E-state index contributed by atoms with van der Waals surface area (Å²) in [6, 6.07) is 5.14. The van der Waals surface area contributed by atoms with Gasteiger partial charge in [0.25, 0.3) is 5.56 Å². The lowest BCUT2D eigenvalue weighted by Crippen LogP contribution is -2.41. The predicted octanol–water partition coefficient (Wildman–Crippen LogP) is 2.04. The minimum Gasteiger partial charge on any atom is -0.486 e. The molecular formula is C22H25N5O5S. The number of benzene rings is 1. The highest BCUT2D eigenvalue weighted by molar-refractivity contribution is 7.22. The van der Waals surface area contributed by atoms with Crippen LogP contribution in [0.5, 0.6) is 11.5 Å². The molecule has 2 aromatic heterocycles. The second-order valence-electron chi connectivity index (χ2n) is 8.08. The van der Waals surface area contributed by atoms with E-state index in [1.165, 1.54) is 20.5 Å². The lowest BCUT2D eigenvalue weighted by molar-refractivity contribution is -0.116. The summed E-state index contributed by atoms with van der Waals surface area (Å²) in [6.45, 7) is 4.61. The molecule has 5 rings (SSSR count). The molecule has 1 N–H and O–H groups in total. The molecule has 3 aromatic rings. The summed E-state index contributed by atoms with van der Waals surface area (Å²) in [5, 5.41) is 3.52. The highest BCUT2D eigenvalue weighted by Gasteiger charge is 2.23. The Morgan fingerprint density at radius 1 is 1.12 bits per heavy atom. The van der Waals surface area contributed by atoms with Gasteiger partial charge in [0.2, 0.25) is 5.91 Å². The van der Waals surface area contributed by atoms with Crippen LogP contribution >= 0.6 is 11.3 Å². The van der Waals surface area contributed by atoms with Crippen LogP contribution in [0.2, 0.25) is 0 Å². The Morgan fingerprint density at radius 3 is 2.64 bits per heavy atom. The van der Waals surface area contributed by atoms with E-state index in [0.29, 0.717) is 46.7 Å². The summed E-state index contributed by atoms with van der Waals surface area (Å²) < 4.78 is 14.0. The number of ether oxygens (including phenoxy) is 2. The van der Waals surface area contributed by atoms with Crippen molar-refractivity contribution in [1.29, 1.82) is 0 Å². The standard InChI is InChI=1S/C22H25N5O5S/c1-2-7-26-20(29)18-19(24-21(33-18)25-8-3-4-9-25)27(22(26)30)13-17(28)23-14-5-6-15-16(12-14)32-11-10-31-15/h5-6,12H,2-4,7-11,13H2,1H3,(H,23,28). The van der Waals surface area contributed by atoms with E-state index in [2.05, 4.69) is 15.2 Å². The summed E-state index contributed by atoms with van der Waals surface area (Å²) in [5.74, 6) is 0.790. The molecule has 0 spiro atoms. The molecular weight excluding hydrogens is 446 g/mol. The number of carbonyl (C=O) groups is 1. The normalized spacial score (nSPS) is 15.2. The molecule has 1 aromatic carbocycles. The highest BCUT2D eigenvalue weighted by atomic mass is 32.1. The van der Waals surface area contributed by atoms with Crippen molar-refractivity contribution in [3.05, 3.63) is 39.0 Å². The number of hydrogen-bond donors (Lipinski definition) is 1. The number of thiazole rings is 1. The molecule has 11 heteroatoms. The van der Waals surface area contributed by atoms with Crippen LogP contribution in [0.15, 0.2) is 27.8 Å². The lowest BCUT2D eigenvalue weighted by Gasteiger charge is -2.19. The van der Waals surface area contributed by atoms with E-state index in [4.69, 9.17) is 9.47 Å². The van der Waals surface area contributed by atoms with Crippen LogP contribution < -0.4 is 30.9 Å². The quantitative estimate of drug-likeness (QED) is 0.586. The van der Waals surface area contributed by atoms with Gasteiger partial charge < -0.3 is 19.7 Å². The van der Waals surface area contributed by atoms with E-state index in [9.17, 15) is 14.4 Å². The van der Waals surface area contributed by atoms with Gasteiger partial charge in [0, 0.05) is 31.4 Å². The molecule has 33 heavy (non-hydrogen) atoms. The van der Waals surface area contributed by atoms with Crippen LogP contribution in [0.4, 0.5) is 10.8 Å². The number of anilines is 2. The summed E-state index contributed by atoms with van der Waals surface area (Å²) in [7, 11) is 0. The number of fused-ring (bicyclic) bond motifs is 2. The average molecular weight is 472 g/mol. The van der Waals surface area contributed by atoms with Crippen LogP contribution in [-0.2, 0) is 17.9 Å². The first-order valence-electron chi connectivity index (χ1n) is 11.1. The van der Waals surface area contributed by atoms with Crippen molar-refractivity contribution in [1.82, 2.24) is 14.1 Å². The van der Waals surface area contributed by atoms with Gasteiger partial charge >= 0.3 is 5.69 Å². The number of aromatic nitrogens is 3. The van der Waals surface area contributed by atoms with Gasteiger partial charge in [-0.25, -0.2) is 9.78 Å². The molecule has 174 valence electrons. The smallest absolute Gasteiger partial charge is 0.333 e. The SMILES string of the molecule is CCCn1c(=O)c2sc(N3CCCC3)nc2n(CC(=O)Nc2ccc3c(c2)OCCO3)c1=O. The predicted molar refractivity (Wildman–Crippen MR) is 126 cm³/mol.